The van der Waals surface area contributed by atoms with E-state index in [-0.39, 0.29) is 0 Å². The van der Waals surface area contributed by atoms with Gasteiger partial charge in [0.2, 0.25) is 0 Å². The molecule has 0 amide bonds. The van der Waals surface area contributed by atoms with Gasteiger partial charge in [0.25, 0.3) is 0 Å². The van der Waals surface area contributed by atoms with E-state index in [0.29, 0.717) is 0 Å². The van der Waals surface area contributed by atoms with E-state index in [1.165, 1.54) is 0 Å². The highest BCUT2D eigenvalue weighted by Crippen LogP contribution is 1.86. The molecule has 0 heterocycles. The molecule has 0 aliphatic heterocycles. The van der Waals surface area contributed by atoms with E-state index in [2.05, 4.69) is 0 Å². The molecule has 0 saturated heterocycles. The maximum absolute atomic E-state index is 5.09. The third kappa shape index (κ3) is 5.70. The van der Waals surface area contributed by atoms with E-state index in [1.54, 1.807) is 13.2 Å². The third-order valence-electron chi connectivity index (χ3n) is 0.719. The van der Waals surface area contributed by atoms with Gasteiger partial charge in [-0.2, -0.15) is 0 Å². The molecular formula is C6H11O. The minimum atomic E-state index is 0.813. The van der Waals surface area contributed by atoms with Crippen molar-refractivity contribution in [2.45, 2.75) is 12.8 Å². The van der Waals surface area contributed by atoms with Crippen molar-refractivity contribution in [3.05, 3.63) is 12.7 Å². The third-order valence-corrected chi connectivity index (χ3v) is 0.719. The predicted molar refractivity (Wildman–Crippen MR) is 30.0 cm³/mol. The van der Waals surface area contributed by atoms with Crippen LogP contribution in [0.25, 0.3) is 0 Å². The zero-order valence-corrected chi connectivity index (χ0v) is 4.68. The van der Waals surface area contributed by atoms with Crippen LogP contribution in [0.1, 0.15) is 12.8 Å². The Morgan fingerprint density at radius 1 is 1.71 bits per heavy atom. The summed E-state index contributed by atoms with van der Waals surface area (Å²) in [6.45, 7) is 5.90. The van der Waals surface area contributed by atoms with Crippen molar-refractivity contribution < 1.29 is 4.74 Å². The van der Waals surface area contributed by atoms with Crippen LogP contribution in [0.4, 0.5) is 0 Å². The molecule has 0 aromatic heterocycles. The van der Waals surface area contributed by atoms with Gasteiger partial charge in [-0.3, -0.25) is 0 Å². The Labute approximate surface area is 45.0 Å². The second-order valence-electron chi connectivity index (χ2n) is 1.37. The highest BCUT2D eigenvalue weighted by atomic mass is 16.5. The van der Waals surface area contributed by atoms with Crippen molar-refractivity contribution in [1.82, 2.24) is 0 Å². The Kier molecular flexibility index (Phi) is 5.46. The molecule has 7 heavy (non-hydrogen) atoms. The van der Waals surface area contributed by atoms with Crippen LogP contribution in [0.15, 0.2) is 6.08 Å². The van der Waals surface area contributed by atoms with Gasteiger partial charge in [0.05, 0.1) is 0 Å². The van der Waals surface area contributed by atoms with Gasteiger partial charge in [-0.25, -0.2) is 0 Å². The zero-order chi connectivity index (χ0) is 5.54. The second-order valence-corrected chi connectivity index (χ2v) is 1.37. The molecule has 0 bridgehead atoms. The van der Waals surface area contributed by atoms with Gasteiger partial charge in [-0.15, -0.1) is 0 Å². The molecule has 1 radical (unpaired) electrons. The van der Waals surface area contributed by atoms with Gasteiger partial charge in [0, 0.05) is 13.7 Å². The predicted octanol–water partition coefficient (Wildman–Crippen LogP) is 1.40. The summed E-state index contributed by atoms with van der Waals surface area (Å²) in [5, 5.41) is 0. The van der Waals surface area contributed by atoms with E-state index in [0.717, 1.165) is 19.4 Å². The van der Waals surface area contributed by atoms with Crippen molar-refractivity contribution in [1.29, 1.82) is 0 Å². The average molecular weight is 99.2 g/mol. The maximum Gasteiger partial charge on any atom is 0.0465 e. The molecule has 0 saturated carbocycles. The van der Waals surface area contributed by atoms with E-state index in [4.69, 9.17) is 11.3 Å². The Hall–Kier alpha value is -0.300. The average Bonchev–Trinajstić information content (AvgIpc) is 1.69. The summed E-state index contributed by atoms with van der Waals surface area (Å²) in [4.78, 5) is 0. The highest BCUT2D eigenvalue weighted by molar-refractivity contribution is 4.60. The summed E-state index contributed by atoms with van der Waals surface area (Å²) in [5.41, 5.74) is 0. The molecule has 0 aromatic rings. The zero-order valence-electron chi connectivity index (χ0n) is 4.68. The van der Waals surface area contributed by atoms with Gasteiger partial charge < -0.3 is 4.74 Å². The lowest BCUT2D eigenvalue weighted by Gasteiger charge is -1.90. The summed E-state index contributed by atoms with van der Waals surface area (Å²) in [6.07, 6.45) is 3.64. The number of hydrogen-bond acceptors (Lipinski definition) is 1. The molecule has 1 nitrogen and oxygen atoms in total. The quantitative estimate of drug-likeness (QED) is 0.484. The lowest BCUT2D eigenvalue weighted by molar-refractivity contribution is 0.196. The van der Waals surface area contributed by atoms with E-state index < -0.39 is 0 Å². The van der Waals surface area contributed by atoms with E-state index in [9.17, 15) is 0 Å². The Morgan fingerprint density at radius 2 is 2.43 bits per heavy atom. The fourth-order valence-corrected chi connectivity index (χ4v) is 0.346. The minimum Gasteiger partial charge on any atom is -0.385 e. The van der Waals surface area contributed by atoms with Crippen LogP contribution in [-0.2, 0) is 4.74 Å². The van der Waals surface area contributed by atoms with Crippen LogP contribution < -0.4 is 0 Å². The Morgan fingerprint density at radius 3 is 2.86 bits per heavy atom. The van der Waals surface area contributed by atoms with Crippen molar-refractivity contribution in [2.75, 3.05) is 13.7 Å². The molecule has 1 heteroatoms. The lowest BCUT2D eigenvalue weighted by atomic mass is 10.3. The fraction of sp³-hybridized carbons (Fsp3) is 0.667. The number of hydrogen-bond donors (Lipinski definition) is 0. The largest absolute Gasteiger partial charge is 0.385 e. The summed E-state index contributed by atoms with van der Waals surface area (Å²) in [6, 6.07) is 0. The first-order chi connectivity index (χ1) is 3.41. The van der Waals surface area contributed by atoms with Crippen molar-refractivity contribution in [3.63, 3.8) is 0 Å². The van der Waals surface area contributed by atoms with Gasteiger partial charge in [-0.1, -0.05) is 12.7 Å². The van der Waals surface area contributed by atoms with Crippen molar-refractivity contribution in [3.8, 4) is 0 Å². The van der Waals surface area contributed by atoms with E-state index >= 15 is 0 Å². The molecule has 0 aliphatic carbocycles. The number of allylic oxidation sites excluding steroid dienone is 1. The second kappa shape index (κ2) is 5.70. The van der Waals surface area contributed by atoms with Gasteiger partial charge in [0.1, 0.15) is 0 Å². The first kappa shape index (κ1) is 6.70. The molecule has 0 fully saturated rings. The van der Waals surface area contributed by atoms with Crippen LogP contribution in [-0.4, -0.2) is 13.7 Å². The summed E-state index contributed by atoms with van der Waals surface area (Å²) >= 11 is 0. The molecule has 0 atom stereocenters. The standard InChI is InChI=1S/C6H11O/c1-3-4-5-6-7-2/h1,3H,4-6H2,2H3. The van der Waals surface area contributed by atoms with Gasteiger partial charge in [-0.05, 0) is 12.8 Å². The molecule has 0 aromatic carbocycles. The van der Waals surface area contributed by atoms with Crippen molar-refractivity contribution >= 4 is 0 Å². The van der Waals surface area contributed by atoms with Crippen LogP contribution in [0.5, 0.6) is 0 Å². The van der Waals surface area contributed by atoms with Crippen LogP contribution in [0, 0.1) is 6.58 Å². The van der Waals surface area contributed by atoms with Gasteiger partial charge in [0.15, 0.2) is 0 Å². The van der Waals surface area contributed by atoms with E-state index in [1.807, 2.05) is 0 Å². The smallest absolute Gasteiger partial charge is 0.0465 e. The summed E-state index contributed by atoms with van der Waals surface area (Å²) in [5.74, 6) is 0. The first-order valence-electron chi connectivity index (χ1n) is 2.44. The SMILES string of the molecule is [CH]=CCCCOC. The van der Waals surface area contributed by atoms with Crippen LogP contribution >= 0.6 is 0 Å². The first-order valence-corrected chi connectivity index (χ1v) is 2.44. The van der Waals surface area contributed by atoms with Crippen LogP contribution in [0.2, 0.25) is 0 Å². The normalized spacial score (nSPS) is 8.71. The number of unbranched alkanes of at least 4 members (excludes halogenated alkanes) is 1. The molecule has 0 aliphatic rings. The lowest BCUT2D eigenvalue weighted by Crippen LogP contribution is -1.84. The molecule has 0 N–H and O–H groups in total. The van der Waals surface area contributed by atoms with Crippen molar-refractivity contribution in [2.24, 2.45) is 0 Å². The molecule has 0 rings (SSSR count). The summed E-state index contributed by atoms with van der Waals surface area (Å²) < 4.78 is 4.77. The number of methoxy groups -OCH3 is 1. The number of ether oxygens (including phenoxy) is 1. The molecular weight excluding hydrogens is 88.1 g/mol. The Bertz CT molecular complexity index is 41.4. The highest BCUT2D eigenvalue weighted by Gasteiger charge is 1.77. The maximum atomic E-state index is 5.09. The monoisotopic (exact) mass is 99.1 g/mol. The Balaban J connectivity index is 2.56. The van der Waals surface area contributed by atoms with Gasteiger partial charge >= 0.3 is 0 Å². The summed E-state index contributed by atoms with van der Waals surface area (Å²) in [7, 11) is 1.69. The fourth-order valence-electron chi connectivity index (χ4n) is 0.346. The minimum absolute atomic E-state index is 0.813. The molecule has 0 spiro atoms. The molecule has 0 unspecified atom stereocenters. The molecule has 41 valence electrons. The number of rotatable bonds is 4. The topological polar surface area (TPSA) is 9.23 Å². The van der Waals surface area contributed by atoms with Crippen LogP contribution in [0.3, 0.4) is 0 Å².